The molecule has 14 heteroatoms. The number of carbonyl (C=O) groups is 1. The van der Waals surface area contributed by atoms with Gasteiger partial charge in [0.25, 0.3) is 16.0 Å². The van der Waals surface area contributed by atoms with Crippen molar-refractivity contribution < 1.29 is 17.9 Å². The molecule has 1 aliphatic heterocycles. The fourth-order valence-corrected chi connectivity index (χ4v) is 6.34. The summed E-state index contributed by atoms with van der Waals surface area (Å²) in [4.78, 5) is 20.3. The summed E-state index contributed by atoms with van der Waals surface area (Å²) in [7, 11) is -0.938. The van der Waals surface area contributed by atoms with E-state index in [4.69, 9.17) is 4.74 Å². The second-order valence-corrected chi connectivity index (χ2v) is 11.1. The van der Waals surface area contributed by atoms with Gasteiger partial charge in [-0.05, 0) is 29.5 Å². The lowest BCUT2D eigenvalue weighted by Crippen LogP contribution is -2.27. The number of hydrogen-bond donors (Lipinski definition) is 3. The number of carbonyl (C=O) groups excluding carboxylic acids is 1. The fourth-order valence-electron chi connectivity index (χ4n) is 3.90. The number of thioether (sulfide) groups is 1. The molecule has 0 spiro atoms. The Hall–Kier alpha value is -3.91. The number of aromatic nitrogens is 5. The lowest BCUT2D eigenvalue weighted by atomic mass is 10.2. The van der Waals surface area contributed by atoms with E-state index in [1.54, 1.807) is 30.3 Å². The molecule has 1 atom stereocenters. The first kappa shape index (κ1) is 23.8. The molecule has 1 unspecified atom stereocenters. The number of tetrazole rings is 1. The summed E-state index contributed by atoms with van der Waals surface area (Å²) >= 11 is 1.49. The summed E-state index contributed by atoms with van der Waals surface area (Å²) in [6, 6.07) is 13.9. The Morgan fingerprint density at radius 1 is 1.25 bits per heavy atom. The number of para-hydroxylation sites is 2. The summed E-state index contributed by atoms with van der Waals surface area (Å²) in [6.45, 7) is 0.476. The molecular formula is C22H22N8O4S2. The van der Waals surface area contributed by atoms with Crippen molar-refractivity contribution >= 4 is 55.3 Å². The van der Waals surface area contributed by atoms with E-state index in [2.05, 4.69) is 35.9 Å². The zero-order chi connectivity index (χ0) is 25.3. The molecule has 2 aromatic heterocycles. The first-order valence-corrected chi connectivity index (χ1v) is 13.2. The van der Waals surface area contributed by atoms with E-state index in [9.17, 15) is 13.2 Å². The Kier molecular flexibility index (Phi) is 6.36. The zero-order valence-electron chi connectivity index (χ0n) is 19.3. The highest BCUT2D eigenvalue weighted by Gasteiger charge is 2.28. The molecule has 3 heterocycles. The van der Waals surface area contributed by atoms with E-state index in [1.165, 1.54) is 36.3 Å². The van der Waals surface area contributed by atoms with Crippen molar-refractivity contribution in [2.24, 2.45) is 4.99 Å². The number of aromatic amines is 2. The summed E-state index contributed by atoms with van der Waals surface area (Å²) < 4.78 is 33.4. The minimum atomic E-state index is -3.89. The van der Waals surface area contributed by atoms with Gasteiger partial charge in [0.15, 0.2) is 0 Å². The van der Waals surface area contributed by atoms with Crippen molar-refractivity contribution in [3.63, 3.8) is 0 Å². The number of nitrogens with zero attached hydrogens (tertiary/aromatic N) is 5. The average Bonchev–Trinajstić information content (AvgIpc) is 3.64. The minimum absolute atomic E-state index is 0.0496. The quantitative estimate of drug-likeness (QED) is 0.316. The van der Waals surface area contributed by atoms with Crippen LogP contribution >= 0.6 is 11.8 Å². The maximum Gasteiger partial charge on any atom is 0.269 e. The second-order valence-electron chi connectivity index (χ2n) is 7.92. The third-order valence-electron chi connectivity index (χ3n) is 5.64. The van der Waals surface area contributed by atoms with Crippen LogP contribution in [-0.2, 0) is 14.8 Å². The molecule has 1 aliphatic rings. The number of amides is 1. The van der Waals surface area contributed by atoms with Gasteiger partial charge >= 0.3 is 0 Å². The van der Waals surface area contributed by atoms with E-state index < -0.39 is 10.0 Å². The van der Waals surface area contributed by atoms with Crippen molar-refractivity contribution in [2.45, 2.75) is 16.6 Å². The van der Waals surface area contributed by atoms with Gasteiger partial charge in [-0.1, -0.05) is 41.1 Å². The van der Waals surface area contributed by atoms with Crippen LogP contribution in [0.2, 0.25) is 0 Å². The molecule has 2 aromatic carbocycles. The van der Waals surface area contributed by atoms with E-state index in [-0.39, 0.29) is 34.2 Å². The van der Waals surface area contributed by atoms with Crippen LogP contribution in [0.5, 0.6) is 5.75 Å². The molecule has 0 saturated heterocycles. The van der Waals surface area contributed by atoms with Crippen LogP contribution in [0.3, 0.4) is 0 Å². The predicted octanol–water partition coefficient (Wildman–Crippen LogP) is 2.41. The van der Waals surface area contributed by atoms with Gasteiger partial charge in [-0.15, -0.1) is 5.10 Å². The standard InChI is InChI=1S/C22H22N8O4S2/c1-30(36(32,33)18-9-4-3-8-17(18)34-2)16-7-5-6-13-10-15(24-20(13)16)21-23-12-14(35-21)11-19(31)25-22-26-28-29-27-22/h3-10,14,24H,11-12H2,1-2H3,(H2,25,26,27,28,29,31). The minimum Gasteiger partial charge on any atom is -0.495 e. The molecule has 0 bridgehead atoms. The van der Waals surface area contributed by atoms with Gasteiger partial charge in [0.1, 0.15) is 15.7 Å². The lowest BCUT2D eigenvalue weighted by molar-refractivity contribution is -0.116. The third-order valence-corrected chi connectivity index (χ3v) is 8.67. The number of H-pyrrole nitrogens is 2. The largest absolute Gasteiger partial charge is 0.495 e. The Morgan fingerprint density at radius 3 is 2.86 bits per heavy atom. The van der Waals surface area contributed by atoms with E-state index >= 15 is 0 Å². The van der Waals surface area contributed by atoms with Gasteiger partial charge in [0.2, 0.25) is 5.91 Å². The van der Waals surface area contributed by atoms with Gasteiger partial charge < -0.3 is 9.72 Å². The van der Waals surface area contributed by atoms with Crippen LogP contribution in [0.1, 0.15) is 12.1 Å². The first-order valence-electron chi connectivity index (χ1n) is 10.9. The van der Waals surface area contributed by atoms with Crippen molar-refractivity contribution in [1.82, 2.24) is 25.6 Å². The zero-order valence-corrected chi connectivity index (χ0v) is 20.9. The van der Waals surface area contributed by atoms with E-state index in [1.807, 2.05) is 12.1 Å². The molecule has 5 rings (SSSR count). The van der Waals surface area contributed by atoms with Crippen molar-refractivity contribution in [2.75, 3.05) is 30.3 Å². The smallest absolute Gasteiger partial charge is 0.269 e. The maximum absolute atomic E-state index is 13.4. The molecule has 0 fully saturated rings. The number of fused-ring (bicyclic) bond motifs is 1. The van der Waals surface area contributed by atoms with Gasteiger partial charge in [-0.3, -0.25) is 19.4 Å². The molecule has 186 valence electrons. The molecule has 1 amide bonds. The number of benzene rings is 2. The highest BCUT2D eigenvalue weighted by atomic mass is 32.2. The van der Waals surface area contributed by atoms with Crippen LogP contribution in [0, 0.1) is 0 Å². The monoisotopic (exact) mass is 526 g/mol. The van der Waals surface area contributed by atoms with Crippen LogP contribution in [0.4, 0.5) is 11.6 Å². The van der Waals surface area contributed by atoms with Gasteiger partial charge in [-0.25, -0.2) is 8.42 Å². The number of anilines is 2. The summed E-state index contributed by atoms with van der Waals surface area (Å²) in [6.07, 6.45) is 0.234. The second kappa shape index (κ2) is 9.62. The van der Waals surface area contributed by atoms with E-state index in [0.29, 0.717) is 17.7 Å². The molecule has 12 nitrogen and oxygen atoms in total. The van der Waals surface area contributed by atoms with Gasteiger partial charge in [0.05, 0.1) is 30.6 Å². The van der Waals surface area contributed by atoms with Crippen LogP contribution in [0.25, 0.3) is 10.9 Å². The third kappa shape index (κ3) is 4.52. The topological polar surface area (TPSA) is 158 Å². The van der Waals surface area contributed by atoms with Crippen molar-refractivity contribution in [3.05, 3.63) is 54.2 Å². The van der Waals surface area contributed by atoms with Crippen LogP contribution in [-0.4, -0.2) is 70.9 Å². The summed E-state index contributed by atoms with van der Waals surface area (Å²) in [5.74, 6) is 0.168. The molecular weight excluding hydrogens is 504 g/mol. The maximum atomic E-state index is 13.4. The molecule has 0 saturated carbocycles. The Morgan fingerprint density at radius 2 is 2.08 bits per heavy atom. The molecule has 4 aromatic rings. The summed E-state index contributed by atoms with van der Waals surface area (Å²) in [5.41, 5.74) is 1.91. The SMILES string of the molecule is COc1ccccc1S(=O)(=O)N(C)c1cccc2cc(C3=NCC(CC(=O)Nc4nn[nH]n4)S3)[nH]c12. The number of sulfonamides is 1. The molecule has 0 aliphatic carbocycles. The van der Waals surface area contributed by atoms with Gasteiger partial charge in [0, 0.05) is 24.1 Å². The van der Waals surface area contributed by atoms with Crippen LogP contribution < -0.4 is 14.4 Å². The Balaban J connectivity index is 1.36. The molecule has 0 radical (unpaired) electrons. The normalized spacial score (nSPS) is 15.6. The van der Waals surface area contributed by atoms with Crippen LogP contribution in [0.15, 0.2) is 58.4 Å². The average molecular weight is 527 g/mol. The summed E-state index contributed by atoms with van der Waals surface area (Å²) in [5, 5.41) is 17.2. The number of ether oxygens (including phenoxy) is 1. The lowest BCUT2D eigenvalue weighted by Gasteiger charge is -2.21. The van der Waals surface area contributed by atoms with Gasteiger partial charge in [-0.2, -0.15) is 5.21 Å². The Labute approximate surface area is 210 Å². The number of hydrogen-bond acceptors (Lipinski definition) is 9. The number of rotatable bonds is 8. The number of aliphatic imine (C=N–C) groups is 1. The van der Waals surface area contributed by atoms with Crippen molar-refractivity contribution in [1.29, 1.82) is 0 Å². The predicted molar refractivity (Wildman–Crippen MR) is 137 cm³/mol. The molecule has 36 heavy (non-hydrogen) atoms. The van der Waals surface area contributed by atoms with E-state index in [0.717, 1.165) is 16.1 Å². The number of methoxy groups -OCH3 is 1. The fraction of sp³-hybridized carbons (Fsp3) is 0.227. The molecule has 3 N–H and O–H groups in total. The highest BCUT2D eigenvalue weighted by Crippen LogP contribution is 2.35. The highest BCUT2D eigenvalue weighted by molar-refractivity contribution is 8.15. The number of nitrogens with one attached hydrogen (secondary N) is 3. The van der Waals surface area contributed by atoms with Crippen molar-refractivity contribution in [3.8, 4) is 5.75 Å². The first-order chi connectivity index (χ1) is 17.4. The Bertz CT molecular complexity index is 1550.